The third kappa shape index (κ3) is 6.28. The van der Waals surface area contributed by atoms with Gasteiger partial charge in [-0.15, -0.1) is 12.4 Å². The van der Waals surface area contributed by atoms with E-state index in [1.165, 1.54) is 0 Å². The molecule has 5 heteroatoms. The van der Waals surface area contributed by atoms with Crippen LogP contribution in [0.1, 0.15) is 16.7 Å². The van der Waals surface area contributed by atoms with Gasteiger partial charge in [0.2, 0.25) is 0 Å². The highest BCUT2D eigenvalue weighted by Gasteiger charge is 2.07. The van der Waals surface area contributed by atoms with Gasteiger partial charge >= 0.3 is 0 Å². The lowest BCUT2D eigenvalue weighted by molar-refractivity contribution is 0.302. The molecule has 0 unspecified atom stereocenters. The minimum absolute atomic E-state index is 0. The number of ether oxygens (including phenoxy) is 2. The lowest BCUT2D eigenvalue weighted by Gasteiger charge is -2.14. The van der Waals surface area contributed by atoms with Crippen molar-refractivity contribution in [2.45, 2.75) is 19.7 Å². The molecule has 0 amide bonds. The molecule has 0 bridgehead atoms. The standard InChI is InChI=1S/C22H22BrNO2.ClH/c1-25-21-10-6-5-9-18(21)14-24-15-19-13-20(23)11-12-22(19)26-16-17-7-3-2-4-8-17;/h2-13,24H,14-16H2,1H3;1H. The van der Waals surface area contributed by atoms with Crippen molar-refractivity contribution in [1.29, 1.82) is 0 Å². The zero-order valence-corrected chi connectivity index (χ0v) is 17.6. The molecule has 0 aromatic heterocycles. The van der Waals surface area contributed by atoms with Crippen molar-refractivity contribution in [3.8, 4) is 11.5 Å². The van der Waals surface area contributed by atoms with Crippen molar-refractivity contribution in [2.75, 3.05) is 7.11 Å². The highest BCUT2D eigenvalue weighted by atomic mass is 79.9. The van der Waals surface area contributed by atoms with E-state index in [0.29, 0.717) is 13.2 Å². The lowest BCUT2D eigenvalue weighted by Crippen LogP contribution is -2.14. The van der Waals surface area contributed by atoms with Gasteiger partial charge in [-0.25, -0.2) is 0 Å². The van der Waals surface area contributed by atoms with Crippen LogP contribution in [0.2, 0.25) is 0 Å². The highest BCUT2D eigenvalue weighted by Crippen LogP contribution is 2.25. The van der Waals surface area contributed by atoms with Crippen LogP contribution in [0.5, 0.6) is 11.5 Å². The maximum atomic E-state index is 6.04. The Morgan fingerprint density at radius 1 is 0.815 bits per heavy atom. The highest BCUT2D eigenvalue weighted by molar-refractivity contribution is 9.10. The molecule has 142 valence electrons. The van der Waals surface area contributed by atoms with E-state index < -0.39 is 0 Å². The van der Waals surface area contributed by atoms with E-state index in [1.54, 1.807) is 7.11 Å². The predicted molar refractivity (Wildman–Crippen MR) is 116 cm³/mol. The molecule has 0 aliphatic rings. The Morgan fingerprint density at radius 2 is 1.52 bits per heavy atom. The zero-order valence-electron chi connectivity index (χ0n) is 15.2. The number of nitrogens with one attached hydrogen (secondary N) is 1. The van der Waals surface area contributed by atoms with Crippen molar-refractivity contribution in [1.82, 2.24) is 5.32 Å². The summed E-state index contributed by atoms with van der Waals surface area (Å²) in [6.07, 6.45) is 0. The maximum absolute atomic E-state index is 6.04. The van der Waals surface area contributed by atoms with Gasteiger partial charge in [0.15, 0.2) is 0 Å². The number of benzene rings is 3. The van der Waals surface area contributed by atoms with Gasteiger partial charge in [0.05, 0.1) is 7.11 Å². The van der Waals surface area contributed by atoms with Gasteiger partial charge in [0.1, 0.15) is 18.1 Å². The summed E-state index contributed by atoms with van der Waals surface area (Å²) >= 11 is 3.55. The minimum atomic E-state index is 0. The first-order valence-corrected chi connectivity index (χ1v) is 9.33. The molecule has 0 saturated heterocycles. The molecule has 3 aromatic rings. The molecule has 0 saturated carbocycles. The average molecular weight is 449 g/mol. The maximum Gasteiger partial charge on any atom is 0.124 e. The van der Waals surface area contributed by atoms with E-state index in [4.69, 9.17) is 9.47 Å². The zero-order chi connectivity index (χ0) is 18.2. The smallest absolute Gasteiger partial charge is 0.124 e. The molecule has 0 spiro atoms. The van der Waals surface area contributed by atoms with E-state index in [9.17, 15) is 0 Å². The monoisotopic (exact) mass is 447 g/mol. The first-order chi connectivity index (χ1) is 12.8. The molecule has 0 heterocycles. The molecule has 3 nitrogen and oxygen atoms in total. The average Bonchev–Trinajstić information content (AvgIpc) is 2.68. The van der Waals surface area contributed by atoms with Crippen molar-refractivity contribution < 1.29 is 9.47 Å². The number of hydrogen-bond donors (Lipinski definition) is 1. The number of halogens is 2. The van der Waals surface area contributed by atoms with Crippen molar-refractivity contribution in [3.63, 3.8) is 0 Å². The van der Waals surface area contributed by atoms with Crippen LogP contribution in [0.3, 0.4) is 0 Å². The summed E-state index contributed by atoms with van der Waals surface area (Å²) in [5, 5.41) is 3.48. The Labute approximate surface area is 175 Å². The Bertz CT molecular complexity index is 843. The van der Waals surface area contributed by atoms with Gasteiger partial charge in [-0.05, 0) is 29.8 Å². The van der Waals surface area contributed by atoms with Gasteiger partial charge in [0, 0.05) is 28.7 Å². The van der Waals surface area contributed by atoms with Crippen LogP contribution in [-0.4, -0.2) is 7.11 Å². The normalized spacial score (nSPS) is 10.1. The van der Waals surface area contributed by atoms with Gasteiger partial charge < -0.3 is 14.8 Å². The summed E-state index contributed by atoms with van der Waals surface area (Å²) in [6, 6.07) is 24.3. The number of methoxy groups -OCH3 is 1. The van der Waals surface area contributed by atoms with E-state index in [0.717, 1.165) is 39.2 Å². The Morgan fingerprint density at radius 3 is 2.30 bits per heavy atom. The molecule has 0 fully saturated rings. The van der Waals surface area contributed by atoms with E-state index in [-0.39, 0.29) is 12.4 Å². The Hall–Kier alpha value is -2.01. The molecule has 0 aliphatic carbocycles. The molecule has 3 rings (SSSR count). The number of para-hydroxylation sites is 1. The van der Waals surface area contributed by atoms with Crippen LogP contribution in [-0.2, 0) is 19.7 Å². The minimum Gasteiger partial charge on any atom is -0.496 e. The molecule has 27 heavy (non-hydrogen) atoms. The van der Waals surface area contributed by atoms with Crippen molar-refractivity contribution in [2.24, 2.45) is 0 Å². The third-order valence-electron chi connectivity index (χ3n) is 4.08. The van der Waals surface area contributed by atoms with Gasteiger partial charge in [-0.2, -0.15) is 0 Å². The summed E-state index contributed by atoms with van der Waals surface area (Å²) in [4.78, 5) is 0. The second-order valence-electron chi connectivity index (χ2n) is 5.94. The topological polar surface area (TPSA) is 30.5 Å². The van der Waals surface area contributed by atoms with Gasteiger partial charge in [0.25, 0.3) is 0 Å². The van der Waals surface area contributed by atoms with Gasteiger partial charge in [-0.1, -0.05) is 64.5 Å². The fourth-order valence-corrected chi connectivity index (χ4v) is 3.15. The molecular weight excluding hydrogens is 426 g/mol. The molecule has 0 aliphatic heterocycles. The first kappa shape index (κ1) is 21.3. The Kier molecular flexibility index (Phi) is 8.65. The number of hydrogen-bond acceptors (Lipinski definition) is 3. The van der Waals surface area contributed by atoms with Crippen LogP contribution in [0.25, 0.3) is 0 Å². The summed E-state index contributed by atoms with van der Waals surface area (Å²) in [6.45, 7) is 2.00. The fourth-order valence-electron chi connectivity index (χ4n) is 2.74. The Balaban J connectivity index is 0.00000261. The number of rotatable bonds is 8. The van der Waals surface area contributed by atoms with E-state index in [1.807, 2.05) is 48.5 Å². The SMILES string of the molecule is COc1ccccc1CNCc1cc(Br)ccc1OCc1ccccc1.Cl. The summed E-state index contributed by atoms with van der Waals surface area (Å²) in [5.41, 5.74) is 3.41. The molecule has 0 radical (unpaired) electrons. The van der Waals surface area contributed by atoms with Crippen LogP contribution in [0.4, 0.5) is 0 Å². The lowest BCUT2D eigenvalue weighted by atomic mass is 10.1. The summed E-state index contributed by atoms with van der Waals surface area (Å²) in [7, 11) is 1.70. The van der Waals surface area contributed by atoms with Crippen molar-refractivity contribution >= 4 is 28.3 Å². The van der Waals surface area contributed by atoms with Gasteiger partial charge in [-0.3, -0.25) is 0 Å². The molecule has 0 atom stereocenters. The third-order valence-corrected chi connectivity index (χ3v) is 4.58. The van der Waals surface area contributed by atoms with E-state index in [2.05, 4.69) is 45.5 Å². The second-order valence-corrected chi connectivity index (χ2v) is 6.86. The second kappa shape index (κ2) is 11.0. The van der Waals surface area contributed by atoms with Crippen LogP contribution >= 0.6 is 28.3 Å². The molecular formula is C22H23BrClNO2. The summed E-state index contributed by atoms with van der Waals surface area (Å²) in [5.74, 6) is 1.79. The van der Waals surface area contributed by atoms with Crippen LogP contribution in [0.15, 0.2) is 77.3 Å². The van der Waals surface area contributed by atoms with Crippen LogP contribution in [0, 0.1) is 0 Å². The molecule has 1 N–H and O–H groups in total. The first-order valence-electron chi connectivity index (χ1n) is 8.54. The summed E-state index contributed by atoms with van der Waals surface area (Å²) < 4.78 is 12.5. The fraction of sp³-hybridized carbons (Fsp3) is 0.182. The van der Waals surface area contributed by atoms with Crippen molar-refractivity contribution in [3.05, 3.63) is 94.0 Å². The molecule has 3 aromatic carbocycles. The largest absolute Gasteiger partial charge is 0.496 e. The quantitative estimate of drug-likeness (QED) is 0.476. The van der Waals surface area contributed by atoms with Crippen LogP contribution < -0.4 is 14.8 Å². The van der Waals surface area contributed by atoms with E-state index >= 15 is 0 Å². The predicted octanol–water partition coefficient (Wildman–Crippen LogP) is 5.75.